The van der Waals surface area contributed by atoms with Crippen LogP contribution in [0.1, 0.15) is 37.6 Å². The van der Waals surface area contributed by atoms with Crippen molar-refractivity contribution in [3.63, 3.8) is 0 Å². The quantitative estimate of drug-likeness (QED) is 0.517. The van der Waals surface area contributed by atoms with E-state index in [1.807, 2.05) is 0 Å². The van der Waals surface area contributed by atoms with Crippen LogP contribution in [-0.4, -0.2) is 48.3 Å². The molecular weight excluding hydrogens is 460 g/mol. The second-order valence-corrected chi connectivity index (χ2v) is 11.2. The lowest BCUT2D eigenvalue weighted by molar-refractivity contribution is -0.118. The Hall–Kier alpha value is -2.56. The van der Waals surface area contributed by atoms with Crippen molar-refractivity contribution >= 4 is 43.2 Å². The number of ether oxygens (including phenoxy) is 1. The van der Waals surface area contributed by atoms with Gasteiger partial charge in [0.15, 0.2) is 6.61 Å². The first-order valence-electron chi connectivity index (χ1n) is 11.1. The molecule has 0 bridgehead atoms. The third-order valence-corrected chi connectivity index (χ3v) is 9.10. The Kier molecular flexibility index (Phi) is 6.96. The summed E-state index contributed by atoms with van der Waals surface area (Å²) < 4.78 is 32.4. The largest absolute Gasteiger partial charge is 0.467 e. The first kappa shape index (κ1) is 23.6. The van der Waals surface area contributed by atoms with E-state index in [1.54, 1.807) is 37.3 Å². The zero-order valence-corrected chi connectivity index (χ0v) is 20.6. The number of fused-ring (bicyclic) bond motifs is 3. The highest BCUT2D eigenvalue weighted by molar-refractivity contribution is 7.89. The lowest BCUT2D eigenvalue weighted by atomic mass is 9.89. The number of anilines is 1. The number of hydrogen-bond acceptors (Lipinski definition) is 7. The van der Waals surface area contributed by atoms with Gasteiger partial charge in [-0.2, -0.15) is 4.31 Å². The molecular formula is C23H28N4O4S2. The molecule has 0 fully saturated rings. The number of aromatic nitrogens is 2. The summed E-state index contributed by atoms with van der Waals surface area (Å²) in [7, 11) is -3.54. The highest BCUT2D eigenvalue weighted by atomic mass is 32.2. The van der Waals surface area contributed by atoms with Gasteiger partial charge in [0.25, 0.3) is 5.91 Å². The van der Waals surface area contributed by atoms with Crippen LogP contribution in [0.5, 0.6) is 5.88 Å². The molecule has 0 saturated carbocycles. The standard InChI is InChI=1S/C23H28N4O4S2/c1-4-27(5-2)33(29,30)17-9-7-16(8-10-17)26-20(28)13-31-22-21-18-11-6-15(3)12-19(18)32-23(21)25-14-24-22/h7-10,14-15H,4-6,11-13H2,1-3H3,(H,26,28). The van der Waals surface area contributed by atoms with Crippen LogP contribution in [0.25, 0.3) is 10.2 Å². The average Bonchev–Trinajstić information content (AvgIpc) is 3.16. The number of sulfonamides is 1. The summed E-state index contributed by atoms with van der Waals surface area (Å²) in [4.78, 5) is 23.6. The number of nitrogens with zero attached hydrogens (tertiary/aromatic N) is 3. The maximum absolute atomic E-state index is 12.6. The minimum Gasteiger partial charge on any atom is -0.467 e. The molecule has 1 atom stereocenters. The minimum absolute atomic E-state index is 0.195. The van der Waals surface area contributed by atoms with Gasteiger partial charge in [-0.1, -0.05) is 20.8 Å². The molecule has 1 N–H and O–H groups in total. The third-order valence-electron chi connectivity index (χ3n) is 5.88. The van der Waals surface area contributed by atoms with Gasteiger partial charge in [-0.25, -0.2) is 18.4 Å². The van der Waals surface area contributed by atoms with Crippen molar-refractivity contribution in [2.75, 3.05) is 25.0 Å². The van der Waals surface area contributed by atoms with Gasteiger partial charge in [-0.3, -0.25) is 4.79 Å². The molecule has 1 aromatic carbocycles. The Morgan fingerprint density at radius 2 is 1.94 bits per heavy atom. The fourth-order valence-corrected chi connectivity index (χ4v) is 6.91. The Morgan fingerprint density at radius 3 is 2.64 bits per heavy atom. The SMILES string of the molecule is CCN(CC)S(=O)(=O)c1ccc(NC(=O)COc2ncnc3sc4c(c23)CCC(C)C4)cc1. The second-order valence-electron chi connectivity index (χ2n) is 8.16. The molecule has 1 unspecified atom stereocenters. The van der Waals surface area contributed by atoms with Crippen molar-refractivity contribution in [2.24, 2.45) is 5.92 Å². The highest BCUT2D eigenvalue weighted by Crippen LogP contribution is 2.40. The Morgan fingerprint density at radius 1 is 1.21 bits per heavy atom. The Bertz CT molecular complexity index is 1250. The summed E-state index contributed by atoms with van der Waals surface area (Å²) in [5, 5.41) is 3.66. The molecule has 2 heterocycles. The lowest BCUT2D eigenvalue weighted by Crippen LogP contribution is -2.30. The van der Waals surface area contributed by atoms with Gasteiger partial charge < -0.3 is 10.1 Å². The van der Waals surface area contributed by atoms with Gasteiger partial charge in [0, 0.05) is 23.7 Å². The molecule has 10 heteroatoms. The van der Waals surface area contributed by atoms with E-state index in [0.717, 1.165) is 29.5 Å². The maximum atomic E-state index is 12.6. The topological polar surface area (TPSA) is 101 Å². The monoisotopic (exact) mass is 488 g/mol. The summed E-state index contributed by atoms with van der Waals surface area (Å²) >= 11 is 1.68. The number of hydrogen-bond donors (Lipinski definition) is 1. The van der Waals surface area contributed by atoms with Crippen LogP contribution >= 0.6 is 11.3 Å². The average molecular weight is 489 g/mol. The predicted octanol–water partition coefficient (Wildman–Crippen LogP) is 3.86. The summed E-state index contributed by atoms with van der Waals surface area (Å²) in [6, 6.07) is 6.15. The van der Waals surface area contributed by atoms with E-state index in [1.165, 1.54) is 33.2 Å². The van der Waals surface area contributed by atoms with Gasteiger partial charge in [0.1, 0.15) is 11.2 Å². The van der Waals surface area contributed by atoms with E-state index in [4.69, 9.17) is 4.74 Å². The summed E-state index contributed by atoms with van der Waals surface area (Å²) in [5.74, 6) is 0.740. The summed E-state index contributed by atoms with van der Waals surface area (Å²) in [6.07, 6.45) is 4.59. The third kappa shape index (κ3) is 4.87. The van der Waals surface area contributed by atoms with Crippen LogP contribution in [0.4, 0.5) is 5.69 Å². The molecule has 1 aliphatic rings. The minimum atomic E-state index is -3.54. The van der Waals surface area contributed by atoms with Crippen molar-refractivity contribution in [1.29, 1.82) is 0 Å². The molecule has 1 amide bonds. The molecule has 0 saturated heterocycles. The molecule has 8 nitrogen and oxygen atoms in total. The second kappa shape index (κ2) is 9.74. The van der Waals surface area contributed by atoms with Crippen LogP contribution in [0.15, 0.2) is 35.5 Å². The highest BCUT2D eigenvalue weighted by Gasteiger charge is 2.24. The van der Waals surface area contributed by atoms with Gasteiger partial charge in [0.2, 0.25) is 15.9 Å². The van der Waals surface area contributed by atoms with Crippen LogP contribution in [0.3, 0.4) is 0 Å². The number of benzene rings is 1. The van der Waals surface area contributed by atoms with Gasteiger partial charge in [-0.15, -0.1) is 11.3 Å². The molecule has 2 aromatic heterocycles. The normalized spacial score (nSPS) is 16.1. The molecule has 0 aliphatic heterocycles. The van der Waals surface area contributed by atoms with Crippen LogP contribution in [-0.2, 0) is 27.7 Å². The van der Waals surface area contributed by atoms with E-state index >= 15 is 0 Å². The van der Waals surface area contributed by atoms with E-state index < -0.39 is 10.0 Å². The Labute approximate surface area is 198 Å². The Balaban J connectivity index is 1.43. The fraction of sp³-hybridized carbons (Fsp3) is 0.435. The van der Waals surface area contributed by atoms with Crippen molar-refractivity contribution < 1.29 is 17.9 Å². The number of amides is 1. The first-order valence-corrected chi connectivity index (χ1v) is 13.4. The van der Waals surface area contributed by atoms with Crippen molar-refractivity contribution in [3.05, 3.63) is 41.0 Å². The molecule has 0 spiro atoms. The predicted molar refractivity (Wildman–Crippen MR) is 129 cm³/mol. The van der Waals surface area contributed by atoms with Crippen molar-refractivity contribution in [1.82, 2.24) is 14.3 Å². The lowest BCUT2D eigenvalue weighted by Gasteiger charge is -2.18. The van der Waals surface area contributed by atoms with E-state index in [0.29, 0.717) is 30.6 Å². The number of rotatable bonds is 8. The summed E-state index contributed by atoms with van der Waals surface area (Å²) in [5.41, 5.74) is 1.74. The molecule has 1 aliphatic carbocycles. The zero-order chi connectivity index (χ0) is 23.6. The van der Waals surface area contributed by atoms with E-state index in [-0.39, 0.29) is 17.4 Å². The van der Waals surface area contributed by atoms with E-state index in [2.05, 4.69) is 22.2 Å². The molecule has 0 radical (unpaired) electrons. The van der Waals surface area contributed by atoms with Gasteiger partial charge in [-0.05, 0) is 55.0 Å². The number of aryl methyl sites for hydroxylation is 1. The number of carbonyl (C=O) groups is 1. The summed E-state index contributed by atoms with van der Waals surface area (Å²) in [6.45, 7) is 6.45. The maximum Gasteiger partial charge on any atom is 0.262 e. The van der Waals surface area contributed by atoms with Crippen molar-refractivity contribution in [2.45, 2.75) is 44.9 Å². The van der Waals surface area contributed by atoms with E-state index in [9.17, 15) is 13.2 Å². The first-order chi connectivity index (χ1) is 15.8. The van der Waals surface area contributed by atoms with Gasteiger partial charge >= 0.3 is 0 Å². The molecule has 176 valence electrons. The smallest absolute Gasteiger partial charge is 0.262 e. The number of carbonyl (C=O) groups excluding carboxylic acids is 1. The van der Waals surface area contributed by atoms with Crippen LogP contribution in [0.2, 0.25) is 0 Å². The van der Waals surface area contributed by atoms with Gasteiger partial charge in [0.05, 0.1) is 10.3 Å². The van der Waals surface area contributed by atoms with Crippen LogP contribution < -0.4 is 10.1 Å². The zero-order valence-electron chi connectivity index (χ0n) is 19.0. The number of nitrogens with one attached hydrogen (secondary N) is 1. The van der Waals surface area contributed by atoms with Crippen LogP contribution in [0, 0.1) is 5.92 Å². The molecule has 33 heavy (non-hydrogen) atoms. The fourth-order valence-electron chi connectivity index (χ4n) is 4.11. The molecule has 4 rings (SSSR count). The van der Waals surface area contributed by atoms with Crippen molar-refractivity contribution in [3.8, 4) is 5.88 Å². The number of thiophene rings is 1. The molecule has 3 aromatic rings.